The summed E-state index contributed by atoms with van der Waals surface area (Å²) in [6, 6.07) is 11.5. The molecule has 0 saturated heterocycles. The highest BCUT2D eigenvalue weighted by Crippen LogP contribution is 2.24. The molecule has 0 N–H and O–H groups in total. The van der Waals surface area contributed by atoms with E-state index < -0.39 is 0 Å². The van der Waals surface area contributed by atoms with E-state index in [1.54, 1.807) is 6.20 Å². The third kappa shape index (κ3) is 3.46. The lowest BCUT2D eigenvalue weighted by Gasteiger charge is -2.08. The number of rotatable bonds is 4. The van der Waals surface area contributed by atoms with Crippen molar-refractivity contribution in [2.75, 3.05) is 0 Å². The minimum Gasteiger partial charge on any atom is -0.439 e. The summed E-state index contributed by atoms with van der Waals surface area (Å²) in [5.74, 6) is 1.72. The lowest BCUT2D eigenvalue weighted by Crippen LogP contribution is -1.93. The van der Waals surface area contributed by atoms with Crippen LogP contribution in [0.3, 0.4) is 0 Å². The first kappa shape index (κ1) is 13.4. The van der Waals surface area contributed by atoms with Crippen LogP contribution < -0.4 is 4.74 Å². The van der Waals surface area contributed by atoms with E-state index in [1.807, 2.05) is 37.3 Å². The number of nitriles is 1. The number of nitrogens with zero attached hydrogens (tertiary/aromatic N) is 2. The summed E-state index contributed by atoms with van der Waals surface area (Å²) in [6.45, 7) is 1.93. The molecular weight excluding hydrogens is 260 g/mol. The molecule has 0 aliphatic rings. The summed E-state index contributed by atoms with van der Waals surface area (Å²) in [5.41, 5.74) is 2.88. The topological polar surface area (TPSA) is 45.9 Å². The molecule has 0 radical (unpaired) electrons. The molecule has 3 nitrogen and oxygen atoms in total. The maximum absolute atomic E-state index is 8.61. The van der Waals surface area contributed by atoms with Gasteiger partial charge < -0.3 is 4.74 Å². The van der Waals surface area contributed by atoms with E-state index in [4.69, 9.17) is 21.6 Å². The molecule has 0 aliphatic carbocycles. The largest absolute Gasteiger partial charge is 0.439 e. The Balaban J connectivity index is 2.15. The Labute approximate surface area is 117 Å². The number of halogens is 1. The monoisotopic (exact) mass is 272 g/mol. The Bertz CT molecular complexity index is 603. The van der Waals surface area contributed by atoms with Crippen molar-refractivity contribution in [1.82, 2.24) is 4.98 Å². The van der Waals surface area contributed by atoms with Crippen LogP contribution in [0.2, 0.25) is 0 Å². The van der Waals surface area contributed by atoms with Crippen LogP contribution in [-0.2, 0) is 12.3 Å². The fraction of sp³-hybridized carbons (Fsp3) is 0.200. The van der Waals surface area contributed by atoms with E-state index in [9.17, 15) is 0 Å². The summed E-state index contributed by atoms with van der Waals surface area (Å²) in [7, 11) is 0. The average Bonchev–Trinajstić information content (AvgIpc) is 2.43. The number of hydrogen-bond donors (Lipinski definition) is 0. The summed E-state index contributed by atoms with van der Waals surface area (Å²) in [6.07, 6.45) is 2.11. The molecule has 0 atom stereocenters. The number of hydrogen-bond acceptors (Lipinski definition) is 3. The smallest absolute Gasteiger partial charge is 0.222 e. The quantitative estimate of drug-likeness (QED) is 0.791. The van der Waals surface area contributed by atoms with Gasteiger partial charge >= 0.3 is 0 Å². The third-order valence-electron chi connectivity index (χ3n) is 2.66. The standard InChI is InChI=1S/C15H13ClN2O/c1-11-8-13(9-16)10-18-15(11)19-14-4-2-12(3-5-14)6-7-17/h2-5,8,10H,6,9H2,1H3. The maximum Gasteiger partial charge on any atom is 0.222 e. The number of benzene rings is 1. The van der Waals surface area contributed by atoms with Crippen LogP contribution in [-0.4, -0.2) is 4.98 Å². The van der Waals surface area contributed by atoms with Crippen molar-refractivity contribution in [3.63, 3.8) is 0 Å². The van der Waals surface area contributed by atoms with Crippen molar-refractivity contribution < 1.29 is 4.74 Å². The van der Waals surface area contributed by atoms with Gasteiger partial charge in [0.05, 0.1) is 12.5 Å². The van der Waals surface area contributed by atoms with Crippen LogP contribution in [0.5, 0.6) is 11.6 Å². The second kappa shape index (κ2) is 6.21. The van der Waals surface area contributed by atoms with Crippen LogP contribution in [0.15, 0.2) is 36.5 Å². The van der Waals surface area contributed by atoms with Crippen molar-refractivity contribution in [2.24, 2.45) is 0 Å². The van der Waals surface area contributed by atoms with Crippen molar-refractivity contribution >= 4 is 11.6 Å². The molecule has 2 aromatic rings. The highest BCUT2D eigenvalue weighted by atomic mass is 35.5. The zero-order valence-electron chi connectivity index (χ0n) is 10.6. The molecule has 0 aliphatic heterocycles. The maximum atomic E-state index is 8.61. The highest BCUT2D eigenvalue weighted by Gasteiger charge is 2.04. The van der Waals surface area contributed by atoms with Gasteiger partial charge in [0.1, 0.15) is 5.75 Å². The van der Waals surface area contributed by atoms with Crippen LogP contribution in [0.4, 0.5) is 0 Å². The minimum absolute atomic E-state index is 0.405. The van der Waals surface area contributed by atoms with Gasteiger partial charge in [-0.3, -0.25) is 0 Å². The molecule has 96 valence electrons. The zero-order chi connectivity index (χ0) is 13.7. The number of pyridine rings is 1. The molecule has 0 spiro atoms. The summed E-state index contributed by atoms with van der Waals surface area (Å²) >= 11 is 5.75. The van der Waals surface area contributed by atoms with Crippen LogP contribution in [0.25, 0.3) is 0 Å². The molecule has 0 saturated carbocycles. The number of ether oxygens (including phenoxy) is 1. The second-order valence-electron chi connectivity index (χ2n) is 4.18. The van der Waals surface area contributed by atoms with Crippen LogP contribution in [0, 0.1) is 18.3 Å². The first-order valence-corrected chi connectivity index (χ1v) is 6.41. The minimum atomic E-state index is 0.405. The van der Waals surface area contributed by atoms with E-state index in [1.165, 1.54) is 0 Å². The molecule has 0 bridgehead atoms. The van der Waals surface area contributed by atoms with Gasteiger partial charge in [-0.05, 0) is 36.2 Å². The zero-order valence-corrected chi connectivity index (χ0v) is 11.3. The Morgan fingerprint density at radius 3 is 2.58 bits per heavy atom. The molecule has 1 aromatic carbocycles. The van der Waals surface area contributed by atoms with Gasteiger partial charge in [0, 0.05) is 17.6 Å². The lowest BCUT2D eigenvalue weighted by molar-refractivity contribution is 0.458. The molecule has 4 heteroatoms. The summed E-state index contributed by atoms with van der Waals surface area (Å²) in [5, 5.41) is 8.61. The van der Waals surface area contributed by atoms with Gasteiger partial charge in [-0.15, -0.1) is 11.6 Å². The van der Waals surface area contributed by atoms with Crippen molar-refractivity contribution in [1.29, 1.82) is 5.26 Å². The van der Waals surface area contributed by atoms with Crippen LogP contribution in [0.1, 0.15) is 16.7 Å². The van der Waals surface area contributed by atoms with E-state index in [0.717, 1.165) is 16.7 Å². The fourth-order valence-corrected chi connectivity index (χ4v) is 1.82. The van der Waals surface area contributed by atoms with Crippen molar-refractivity contribution in [3.05, 3.63) is 53.2 Å². The molecule has 19 heavy (non-hydrogen) atoms. The second-order valence-corrected chi connectivity index (χ2v) is 4.45. The molecule has 0 unspecified atom stereocenters. The van der Waals surface area contributed by atoms with Gasteiger partial charge in [0.15, 0.2) is 0 Å². The number of aromatic nitrogens is 1. The van der Waals surface area contributed by atoms with E-state index in [0.29, 0.717) is 23.9 Å². The predicted octanol–water partition coefficient (Wildman–Crippen LogP) is 3.99. The molecule has 1 aromatic heterocycles. The first-order chi connectivity index (χ1) is 9.22. The van der Waals surface area contributed by atoms with Gasteiger partial charge in [0.25, 0.3) is 0 Å². The van der Waals surface area contributed by atoms with Gasteiger partial charge in [-0.1, -0.05) is 12.1 Å². The SMILES string of the molecule is Cc1cc(CCl)cnc1Oc1ccc(CC#N)cc1. The summed E-state index contributed by atoms with van der Waals surface area (Å²) in [4.78, 5) is 4.24. The van der Waals surface area contributed by atoms with E-state index in [-0.39, 0.29) is 0 Å². The molecular formula is C15H13ClN2O. The average molecular weight is 273 g/mol. The van der Waals surface area contributed by atoms with Crippen molar-refractivity contribution in [2.45, 2.75) is 19.2 Å². The summed E-state index contributed by atoms with van der Waals surface area (Å²) < 4.78 is 5.70. The first-order valence-electron chi connectivity index (χ1n) is 5.88. The number of aryl methyl sites for hydroxylation is 1. The Morgan fingerprint density at radius 1 is 1.26 bits per heavy atom. The third-order valence-corrected chi connectivity index (χ3v) is 2.97. The fourth-order valence-electron chi connectivity index (χ4n) is 1.68. The van der Waals surface area contributed by atoms with Gasteiger partial charge in [0.2, 0.25) is 5.88 Å². The van der Waals surface area contributed by atoms with Gasteiger partial charge in [-0.2, -0.15) is 5.26 Å². The number of alkyl halides is 1. The van der Waals surface area contributed by atoms with Crippen molar-refractivity contribution in [3.8, 4) is 17.7 Å². The predicted molar refractivity (Wildman–Crippen MR) is 74.4 cm³/mol. The van der Waals surface area contributed by atoms with Gasteiger partial charge in [-0.25, -0.2) is 4.98 Å². The normalized spacial score (nSPS) is 9.95. The molecule has 1 heterocycles. The lowest BCUT2D eigenvalue weighted by atomic mass is 10.2. The highest BCUT2D eigenvalue weighted by molar-refractivity contribution is 6.17. The Morgan fingerprint density at radius 2 is 2.00 bits per heavy atom. The molecule has 0 fully saturated rings. The van der Waals surface area contributed by atoms with E-state index in [2.05, 4.69) is 11.1 Å². The Hall–Kier alpha value is -2.05. The Kier molecular flexibility index (Phi) is 4.38. The molecule has 0 amide bonds. The van der Waals surface area contributed by atoms with Crippen LogP contribution >= 0.6 is 11.6 Å². The van der Waals surface area contributed by atoms with E-state index >= 15 is 0 Å². The molecule has 2 rings (SSSR count).